The molecule has 0 unspecified atom stereocenters. The third-order valence-corrected chi connectivity index (χ3v) is 4.16. The Morgan fingerprint density at radius 2 is 2.00 bits per heavy atom. The molecule has 1 amide bonds. The molecular weight excluding hydrogens is 336 g/mol. The van der Waals surface area contributed by atoms with E-state index in [-0.39, 0.29) is 6.79 Å². The summed E-state index contributed by atoms with van der Waals surface area (Å²) < 4.78 is 22.1. The Morgan fingerprint density at radius 3 is 2.73 bits per heavy atom. The molecule has 2 aliphatic rings. The summed E-state index contributed by atoms with van der Waals surface area (Å²) in [7, 11) is 0. The number of hydrogen-bond donors (Lipinski definition) is 1. The Morgan fingerprint density at radius 1 is 1.23 bits per heavy atom. The number of carbonyl (C=O) groups is 1. The summed E-state index contributed by atoms with van der Waals surface area (Å²) in [6.45, 7) is 9.60. The maximum Gasteiger partial charge on any atom is 0.412 e. The van der Waals surface area contributed by atoms with E-state index in [9.17, 15) is 4.79 Å². The molecule has 144 valence electrons. The lowest BCUT2D eigenvalue weighted by atomic mass is 10.2. The molecule has 2 heterocycles. The van der Waals surface area contributed by atoms with Gasteiger partial charge in [-0.2, -0.15) is 0 Å². The van der Waals surface area contributed by atoms with E-state index in [0.717, 1.165) is 13.0 Å². The summed E-state index contributed by atoms with van der Waals surface area (Å²) in [6.07, 6.45) is 3.01. The highest BCUT2D eigenvalue weighted by molar-refractivity contribution is 5.86. The molecule has 0 aromatic heterocycles. The normalized spacial score (nSPS) is 16.6. The largest absolute Gasteiger partial charge is 0.489 e. The second-order valence-electron chi connectivity index (χ2n) is 7.59. The third kappa shape index (κ3) is 5.17. The number of anilines is 1. The first-order valence-corrected chi connectivity index (χ1v) is 9.19. The van der Waals surface area contributed by atoms with Crippen molar-refractivity contribution < 1.29 is 23.7 Å². The zero-order valence-electron chi connectivity index (χ0n) is 15.8. The van der Waals surface area contributed by atoms with Crippen molar-refractivity contribution in [3.63, 3.8) is 0 Å². The number of likely N-dealkylation sites (tertiary alicyclic amines) is 1. The number of nitrogens with one attached hydrogen (secondary N) is 1. The van der Waals surface area contributed by atoms with Gasteiger partial charge in [-0.1, -0.05) is 0 Å². The Balaban J connectivity index is 1.59. The molecule has 26 heavy (non-hydrogen) atoms. The van der Waals surface area contributed by atoms with Crippen LogP contribution in [0.1, 0.15) is 40.0 Å². The number of hydrogen-bond acceptors (Lipinski definition) is 6. The summed E-state index contributed by atoms with van der Waals surface area (Å²) in [5, 5.41) is 2.72. The zero-order valence-corrected chi connectivity index (χ0v) is 15.8. The van der Waals surface area contributed by atoms with E-state index in [2.05, 4.69) is 10.2 Å². The molecule has 0 aliphatic carbocycles. The maximum atomic E-state index is 12.0. The van der Waals surface area contributed by atoms with Gasteiger partial charge < -0.3 is 23.8 Å². The number of nitrogens with zero attached hydrogens (tertiary/aromatic N) is 1. The quantitative estimate of drug-likeness (QED) is 0.778. The predicted octanol–water partition coefficient (Wildman–Crippen LogP) is 3.63. The van der Waals surface area contributed by atoms with E-state index in [1.54, 1.807) is 12.1 Å². The highest BCUT2D eigenvalue weighted by atomic mass is 16.7. The van der Waals surface area contributed by atoms with Crippen LogP contribution >= 0.6 is 0 Å². The molecule has 1 fully saturated rings. The van der Waals surface area contributed by atoms with Crippen molar-refractivity contribution in [2.24, 2.45) is 0 Å². The predicted molar refractivity (Wildman–Crippen MR) is 98.2 cm³/mol. The molecule has 7 nitrogen and oxygen atoms in total. The van der Waals surface area contributed by atoms with Crippen molar-refractivity contribution in [1.29, 1.82) is 0 Å². The first kappa shape index (κ1) is 18.6. The molecule has 1 aromatic rings. The van der Waals surface area contributed by atoms with Crippen LogP contribution in [0.5, 0.6) is 17.2 Å². The number of fused-ring (bicyclic) bond motifs is 1. The average molecular weight is 364 g/mol. The lowest BCUT2D eigenvalue weighted by Crippen LogP contribution is -2.27. The van der Waals surface area contributed by atoms with Gasteiger partial charge in [0.15, 0.2) is 11.5 Å². The van der Waals surface area contributed by atoms with Gasteiger partial charge >= 0.3 is 6.09 Å². The highest BCUT2D eigenvalue weighted by Gasteiger charge is 2.23. The summed E-state index contributed by atoms with van der Waals surface area (Å²) in [4.78, 5) is 14.4. The molecule has 1 saturated heterocycles. The first-order chi connectivity index (χ1) is 12.4. The van der Waals surface area contributed by atoms with Gasteiger partial charge in [0.2, 0.25) is 12.5 Å². The Hall–Kier alpha value is -2.15. The third-order valence-electron chi connectivity index (χ3n) is 4.16. The molecule has 0 spiro atoms. The lowest BCUT2D eigenvalue weighted by Gasteiger charge is -2.20. The molecule has 0 atom stereocenters. The standard InChI is InChI=1S/C19H28N2O5/c1-19(2,3)26-18(22)20-14-11-15(17-16(12-14)24-13-25-17)23-10-6-9-21-7-4-5-8-21/h11-12H,4-10,13H2,1-3H3,(H,20,22). The number of amides is 1. The summed E-state index contributed by atoms with van der Waals surface area (Å²) in [5.41, 5.74) is -0.00645. The van der Waals surface area contributed by atoms with Crippen LogP contribution in [0.25, 0.3) is 0 Å². The Bertz CT molecular complexity index is 636. The van der Waals surface area contributed by atoms with Gasteiger partial charge in [0.1, 0.15) is 5.60 Å². The van der Waals surface area contributed by atoms with Crippen LogP contribution < -0.4 is 19.5 Å². The second kappa shape index (κ2) is 8.03. The van der Waals surface area contributed by atoms with Crippen LogP contribution in [0, 0.1) is 0 Å². The van der Waals surface area contributed by atoms with Crippen LogP contribution in [0.2, 0.25) is 0 Å². The number of carbonyl (C=O) groups excluding carboxylic acids is 1. The SMILES string of the molecule is CC(C)(C)OC(=O)Nc1cc(OCCCN2CCCC2)c2c(c1)OCO2. The van der Waals surface area contributed by atoms with Gasteiger partial charge in [-0.25, -0.2) is 4.79 Å². The topological polar surface area (TPSA) is 69.3 Å². The fourth-order valence-corrected chi connectivity index (χ4v) is 3.06. The van der Waals surface area contributed by atoms with Crippen LogP contribution in [0.4, 0.5) is 10.5 Å². The molecule has 0 radical (unpaired) electrons. The fourth-order valence-electron chi connectivity index (χ4n) is 3.06. The Kier molecular flexibility index (Phi) is 5.76. The second-order valence-corrected chi connectivity index (χ2v) is 7.59. The molecule has 1 aromatic carbocycles. The van der Waals surface area contributed by atoms with Gasteiger partial charge in [0, 0.05) is 18.7 Å². The molecule has 7 heteroatoms. The van der Waals surface area contributed by atoms with Crippen molar-refractivity contribution in [2.45, 2.75) is 45.6 Å². The van der Waals surface area contributed by atoms with Crippen molar-refractivity contribution in [3.05, 3.63) is 12.1 Å². The molecule has 1 N–H and O–H groups in total. The van der Waals surface area contributed by atoms with Gasteiger partial charge in [-0.05, 0) is 53.1 Å². The fraction of sp³-hybridized carbons (Fsp3) is 0.632. The summed E-state index contributed by atoms with van der Waals surface area (Å²) in [5.74, 6) is 1.72. The minimum atomic E-state index is -0.560. The molecular formula is C19H28N2O5. The Labute approximate surface area is 154 Å². The molecule has 0 saturated carbocycles. The number of rotatable bonds is 6. The molecule has 3 rings (SSSR count). The smallest absolute Gasteiger partial charge is 0.412 e. The van der Waals surface area contributed by atoms with E-state index in [4.69, 9.17) is 18.9 Å². The maximum absolute atomic E-state index is 12.0. The van der Waals surface area contributed by atoms with E-state index >= 15 is 0 Å². The minimum absolute atomic E-state index is 0.148. The van der Waals surface area contributed by atoms with Crippen molar-refractivity contribution >= 4 is 11.8 Å². The van der Waals surface area contributed by atoms with E-state index < -0.39 is 11.7 Å². The first-order valence-electron chi connectivity index (χ1n) is 9.19. The van der Waals surface area contributed by atoms with E-state index in [1.165, 1.54) is 25.9 Å². The van der Waals surface area contributed by atoms with Gasteiger partial charge in [0.25, 0.3) is 0 Å². The van der Waals surface area contributed by atoms with Crippen LogP contribution in [0.15, 0.2) is 12.1 Å². The van der Waals surface area contributed by atoms with Crippen LogP contribution in [0.3, 0.4) is 0 Å². The summed E-state index contributed by atoms with van der Waals surface area (Å²) >= 11 is 0. The molecule has 0 bridgehead atoms. The summed E-state index contributed by atoms with van der Waals surface area (Å²) in [6, 6.07) is 3.45. The van der Waals surface area contributed by atoms with Crippen molar-refractivity contribution in [1.82, 2.24) is 4.90 Å². The molecule has 2 aliphatic heterocycles. The van der Waals surface area contributed by atoms with Gasteiger partial charge in [0.05, 0.1) is 12.3 Å². The number of ether oxygens (including phenoxy) is 4. The van der Waals surface area contributed by atoms with Crippen LogP contribution in [-0.4, -0.2) is 49.6 Å². The van der Waals surface area contributed by atoms with Gasteiger partial charge in [-0.3, -0.25) is 5.32 Å². The lowest BCUT2D eigenvalue weighted by molar-refractivity contribution is 0.0636. The highest BCUT2D eigenvalue weighted by Crippen LogP contribution is 2.43. The van der Waals surface area contributed by atoms with E-state index in [1.807, 2.05) is 20.8 Å². The van der Waals surface area contributed by atoms with E-state index in [0.29, 0.717) is 29.5 Å². The zero-order chi connectivity index (χ0) is 18.6. The van der Waals surface area contributed by atoms with Crippen molar-refractivity contribution in [2.75, 3.05) is 38.4 Å². The number of benzene rings is 1. The average Bonchev–Trinajstić information content (AvgIpc) is 3.20. The van der Waals surface area contributed by atoms with Crippen LogP contribution in [-0.2, 0) is 4.74 Å². The van der Waals surface area contributed by atoms with Crippen molar-refractivity contribution in [3.8, 4) is 17.2 Å². The monoisotopic (exact) mass is 364 g/mol. The minimum Gasteiger partial charge on any atom is -0.489 e. The van der Waals surface area contributed by atoms with Gasteiger partial charge in [-0.15, -0.1) is 0 Å².